The number of hydrogen-bond donors (Lipinski definition) is 3. The van der Waals surface area contributed by atoms with Crippen LogP contribution in [0.1, 0.15) is 23.2 Å². The maximum Gasteiger partial charge on any atom is 0.255 e. The van der Waals surface area contributed by atoms with E-state index in [9.17, 15) is 9.18 Å². The topological polar surface area (TPSA) is 112 Å². The second-order valence-corrected chi connectivity index (χ2v) is 8.31. The Kier molecular flexibility index (Phi) is 8.60. The molecule has 1 amide bonds. The Balaban J connectivity index is 1.50. The predicted molar refractivity (Wildman–Crippen MR) is 126 cm³/mol. The standard InChI is InChI=1S/C23H30ClFN4O4/c1-31-21-12-17(26)16(24)11-15(21)23(30)28-19-6-8-29(13-22(19)32-2)7-3-9-33-20-5-4-14(25)10-18(20)27/h4-5,10-12,19,22H,3,6-9,13,26-27H2,1-2H3,(H,28,30)/t19-,22+/m1/s1. The maximum atomic E-state index is 13.1. The number of halogens is 2. The number of nitrogens with zero attached hydrogens (tertiary/aromatic N) is 1. The van der Waals surface area contributed by atoms with Crippen LogP contribution in [0.15, 0.2) is 30.3 Å². The summed E-state index contributed by atoms with van der Waals surface area (Å²) in [6, 6.07) is 6.98. The predicted octanol–water partition coefficient (Wildman–Crippen LogP) is 2.94. The molecule has 1 aliphatic rings. The number of piperidine rings is 1. The number of ether oxygens (including phenoxy) is 3. The van der Waals surface area contributed by atoms with E-state index in [1.807, 2.05) is 0 Å². The van der Waals surface area contributed by atoms with Crippen molar-refractivity contribution in [1.82, 2.24) is 10.2 Å². The van der Waals surface area contributed by atoms with Crippen LogP contribution < -0.4 is 26.3 Å². The number of carbonyl (C=O) groups excluding carboxylic acids is 1. The van der Waals surface area contributed by atoms with Crippen LogP contribution in [-0.4, -0.2) is 63.4 Å². The first-order valence-corrected chi connectivity index (χ1v) is 11.1. The molecule has 0 aliphatic carbocycles. The largest absolute Gasteiger partial charge is 0.496 e. The molecule has 1 fully saturated rings. The van der Waals surface area contributed by atoms with E-state index in [-0.39, 0.29) is 23.7 Å². The molecule has 33 heavy (non-hydrogen) atoms. The van der Waals surface area contributed by atoms with Crippen LogP contribution in [0.2, 0.25) is 5.02 Å². The van der Waals surface area contributed by atoms with Crippen LogP contribution >= 0.6 is 11.6 Å². The average molecular weight is 481 g/mol. The maximum absolute atomic E-state index is 13.1. The number of nitrogens with one attached hydrogen (secondary N) is 1. The lowest BCUT2D eigenvalue weighted by molar-refractivity contribution is 0.00527. The summed E-state index contributed by atoms with van der Waals surface area (Å²) in [5, 5.41) is 3.33. The fourth-order valence-corrected chi connectivity index (χ4v) is 4.03. The number of nitrogens with two attached hydrogens (primary N) is 2. The molecule has 1 aliphatic heterocycles. The Labute approximate surface area is 197 Å². The number of methoxy groups -OCH3 is 2. The zero-order chi connectivity index (χ0) is 24.0. The fourth-order valence-electron chi connectivity index (χ4n) is 3.87. The summed E-state index contributed by atoms with van der Waals surface area (Å²) in [5.41, 5.74) is 12.5. The third-order valence-electron chi connectivity index (χ3n) is 5.67. The van der Waals surface area contributed by atoms with E-state index in [4.69, 9.17) is 37.3 Å². The molecule has 1 heterocycles. The molecule has 0 spiro atoms. The number of benzene rings is 2. The van der Waals surface area contributed by atoms with Gasteiger partial charge in [0.25, 0.3) is 5.91 Å². The van der Waals surface area contributed by atoms with Gasteiger partial charge in [-0.25, -0.2) is 4.39 Å². The molecule has 0 radical (unpaired) electrons. The zero-order valence-corrected chi connectivity index (χ0v) is 19.5. The van der Waals surface area contributed by atoms with Gasteiger partial charge < -0.3 is 35.9 Å². The minimum absolute atomic E-state index is 0.157. The minimum atomic E-state index is -0.390. The minimum Gasteiger partial charge on any atom is -0.496 e. The van der Waals surface area contributed by atoms with Gasteiger partial charge in [-0.15, -0.1) is 0 Å². The van der Waals surface area contributed by atoms with Crippen molar-refractivity contribution in [2.24, 2.45) is 0 Å². The number of rotatable bonds is 9. The van der Waals surface area contributed by atoms with Crippen molar-refractivity contribution in [3.63, 3.8) is 0 Å². The summed E-state index contributed by atoms with van der Waals surface area (Å²) in [4.78, 5) is 15.1. The van der Waals surface area contributed by atoms with Crippen LogP contribution in [-0.2, 0) is 4.74 Å². The first kappa shape index (κ1) is 24.9. The molecular weight excluding hydrogens is 451 g/mol. The van der Waals surface area contributed by atoms with Gasteiger partial charge >= 0.3 is 0 Å². The molecule has 8 nitrogen and oxygen atoms in total. The lowest BCUT2D eigenvalue weighted by Gasteiger charge is -2.38. The molecule has 180 valence electrons. The molecule has 10 heteroatoms. The molecule has 5 N–H and O–H groups in total. The first-order valence-electron chi connectivity index (χ1n) is 10.7. The van der Waals surface area contributed by atoms with Gasteiger partial charge in [0.05, 0.1) is 47.8 Å². The van der Waals surface area contributed by atoms with Gasteiger partial charge in [-0.2, -0.15) is 0 Å². The van der Waals surface area contributed by atoms with Gasteiger partial charge in [-0.3, -0.25) is 4.79 Å². The zero-order valence-electron chi connectivity index (χ0n) is 18.8. The van der Waals surface area contributed by atoms with Crippen molar-refractivity contribution >= 4 is 28.9 Å². The second-order valence-electron chi connectivity index (χ2n) is 7.90. The van der Waals surface area contributed by atoms with Crippen LogP contribution in [0.25, 0.3) is 0 Å². The third-order valence-corrected chi connectivity index (χ3v) is 6.00. The number of hydrogen-bond acceptors (Lipinski definition) is 7. The van der Waals surface area contributed by atoms with Gasteiger partial charge in [-0.05, 0) is 31.0 Å². The summed E-state index contributed by atoms with van der Waals surface area (Å²) >= 11 is 6.09. The molecule has 3 rings (SSSR count). The van der Waals surface area contributed by atoms with Gasteiger partial charge in [0.15, 0.2) is 0 Å². The van der Waals surface area contributed by atoms with Crippen molar-refractivity contribution in [3.05, 3.63) is 46.7 Å². The fraction of sp³-hybridized carbons (Fsp3) is 0.435. The molecule has 0 bridgehead atoms. The highest BCUT2D eigenvalue weighted by molar-refractivity contribution is 6.33. The summed E-state index contributed by atoms with van der Waals surface area (Å²) < 4.78 is 29.7. The number of likely N-dealkylation sites (tertiary alicyclic amines) is 1. The van der Waals surface area contributed by atoms with Crippen LogP contribution in [0.4, 0.5) is 15.8 Å². The normalized spacial score (nSPS) is 18.7. The SMILES string of the molecule is COc1cc(N)c(Cl)cc1C(=O)N[C@@H]1CCN(CCCOc2ccc(F)cc2N)C[C@@H]1OC. The number of nitrogen functional groups attached to an aromatic ring is 2. The summed E-state index contributed by atoms with van der Waals surface area (Å²) in [5.74, 6) is 0.159. The first-order chi connectivity index (χ1) is 15.8. The third kappa shape index (κ3) is 6.40. The Bertz CT molecular complexity index is 978. The van der Waals surface area contributed by atoms with Crippen molar-refractivity contribution in [2.75, 3.05) is 51.9 Å². The van der Waals surface area contributed by atoms with Crippen molar-refractivity contribution in [2.45, 2.75) is 25.0 Å². The molecule has 0 saturated carbocycles. The van der Waals surface area contributed by atoms with Crippen molar-refractivity contribution in [3.8, 4) is 11.5 Å². The van der Waals surface area contributed by atoms with E-state index < -0.39 is 5.82 Å². The summed E-state index contributed by atoms with van der Waals surface area (Å²) in [7, 11) is 3.11. The van der Waals surface area contributed by atoms with E-state index in [1.54, 1.807) is 7.11 Å². The molecule has 2 atom stereocenters. The van der Waals surface area contributed by atoms with Crippen LogP contribution in [0.3, 0.4) is 0 Å². The Morgan fingerprint density at radius 3 is 2.70 bits per heavy atom. The number of amides is 1. The monoisotopic (exact) mass is 480 g/mol. The summed E-state index contributed by atoms with van der Waals surface area (Å²) in [6.07, 6.45) is 1.32. The molecule has 1 saturated heterocycles. The highest BCUT2D eigenvalue weighted by atomic mass is 35.5. The molecule has 2 aromatic carbocycles. The number of anilines is 2. The van der Waals surface area contributed by atoms with Gasteiger partial charge in [0, 0.05) is 38.9 Å². The summed E-state index contributed by atoms with van der Waals surface area (Å²) in [6.45, 7) is 2.72. The Morgan fingerprint density at radius 1 is 1.21 bits per heavy atom. The second kappa shape index (κ2) is 11.4. The highest BCUT2D eigenvalue weighted by Crippen LogP contribution is 2.29. The van der Waals surface area contributed by atoms with Crippen molar-refractivity contribution < 1.29 is 23.4 Å². The highest BCUT2D eigenvalue weighted by Gasteiger charge is 2.31. The average Bonchev–Trinajstić information content (AvgIpc) is 2.80. The smallest absolute Gasteiger partial charge is 0.255 e. The molecule has 2 aromatic rings. The van der Waals surface area contributed by atoms with Gasteiger partial charge in [0.1, 0.15) is 17.3 Å². The van der Waals surface area contributed by atoms with Crippen LogP contribution in [0, 0.1) is 5.82 Å². The van der Waals surface area contributed by atoms with Crippen LogP contribution in [0.5, 0.6) is 11.5 Å². The number of carbonyl (C=O) groups is 1. The Morgan fingerprint density at radius 2 is 2.00 bits per heavy atom. The lowest BCUT2D eigenvalue weighted by atomic mass is 10.0. The molecular formula is C23H30ClFN4O4. The van der Waals surface area contributed by atoms with E-state index in [2.05, 4.69) is 10.2 Å². The van der Waals surface area contributed by atoms with E-state index in [0.717, 1.165) is 25.9 Å². The van der Waals surface area contributed by atoms with E-state index in [0.29, 0.717) is 40.9 Å². The lowest BCUT2D eigenvalue weighted by Crippen LogP contribution is -2.55. The van der Waals surface area contributed by atoms with Gasteiger partial charge in [-0.1, -0.05) is 11.6 Å². The van der Waals surface area contributed by atoms with E-state index in [1.165, 1.54) is 37.4 Å². The van der Waals surface area contributed by atoms with Gasteiger partial charge in [0.2, 0.25) is 0 Å². The van der Waals surface area contributed by atoms with Crippen molar-refractivity contribution in [1.29, 1.82) is 0 Å². The molecule has 0 aromatic heterocycles. The Hall–Kier alpha value is -2.75. The van der Waals surface area contributed by atoms with E-state index >= 15 is 0 Å². The molecule has 0 unspecified atom stereocenters. The quantitative estimate of drug-likeness (QED) is 0.373.